The summed E-state index contributed by atoms with van der Waals surface area (Å²) in [6.45, 7) is 4.27. The second kappa shape index (κ2) is 7.64. The van der Waals surface area contributed by atoms with Crippen molar-refractivity contribution in [2.24, 2.45) is 5.92 Å². The van der Waals surface area contributed by atoms with E-state index in [0.717, 1.165) is 55.8 Å². The molecular weight excluding hydrogens is 396 g/mol. The van der Waals surface area contributed by atoms with Crippen LogP contribution in [0.15, 0.2) is 73.3 Å². The average molecular weight is 421 g/mol. The minimum Gasteiger partial charge on any atom is -0.358 e. The molecule has 6 heteroatoms. The van der Waals surface area contributed by atoms with E-state index in [1.165, 1.54) is 25.7 Å². The number of nitrogens with zero attached hydrogens (tertiary/aromatic N) is 3. The normalized spacial score (nSPS) is 14.4. The van der Waals surface area contributed by atoms with Gasteiger partial charge >= 0.3 is 0 Å². The summed E-state index contributed by atoms with van der Waals surface area (Å²) in [6, 6.07) is 14.6. The number of benzene rings is 1. The van der Waals surface area contributed by atoms with Crippen molar-refractivity contribution in [2.75, 3.05) is 5.32 Å². The number of rotatable bonds is 5. The molecule has 0 spiro atoms. The van der Waals surface area contributed by atoms with E-state index < -0.39 is 0 Å². The molecule has 0 unspecified atom stereocenters. The zero-order chi connectivity index (χ0) is 21.5. The monoisotopic (exact) mass is 420 g/mol. The zero-order valence-corrected chi connectivity index (χ0v) is 17.7. The van der Waals surface area contributed by atoms with Crippen LogP contribution in [0.25, 0.3) is 44.5 Å². The van der Waals surface area contributed by atoms with E-state index in [9.17, 15) is 0 Å². The lowest BCUT2D eigenvalue weighted by atomic mass is 10.0. The summed E-state index contributed by atoms with van der Waals surface area (Å²) in [4.78, 5) is 12.3. The van der Waals surface area contributed by atoms with Gasteiger partial charge in [0.05, 0.1) is 23.1 Å². The van der Waals surface area contributed by atoms with Crippen molar-refractivity contribution in [2.45, 2.75) is 25.7 Å². The number of anilines is 1. The first-order valence-electron chi connectivity index (χ1n) is 11.1. The summed E-state index contributed by atoms with van der Waals surface area (Å²) in [5.41, 5.74) is 7.92. The van der Waals surface area contributed by atoms with Crippen molar-refractivity contribution in [3.63, 3.8) is 0 Å². The van der Waals surface area contributed by atoms with Crippen LogP contribution in [0.3, 0.4) is 0 Å². The van der Waals surface area contributed by atoms with E-state index in [4.69, 9.17) is 0 Å². The lowest BCUT2D eigenvalue weighted by Gasteiger charge is -2.16. The Kier molecular flexibility index (Phi) is 4.49. The average Bonchev–Trinajstić information content (AvgIpc) is 3.58. The largest absolute Gasteiger partial charge is 0.358 e. The van der Waals surface area contributed by atoms with Crippen molar-refractivity contribution >= 4 is 27.6 Å². The molecule has 3 N–H and O–H groups in total. The van der Waals surface area contributed by atoms with Crippen LogP contribution >= 0.6 is 0 Å². The van der Waals surface area contributed by atoms with Gasteiger partial charge in [-0.1, -0.05) is 25.5 Å². The fourth-order valence-electron chi connectivity index (χ4n) is 4.71. The summed E-state index contributed by atoms with van der Waals surface area (Å²) in [7, 11) is 0. The van der Waals surface area contributed by atoms with Gasteiger partial charge in [-0.25, -0.2) is 4.98 Å². The smallest absolute Gasteiger partial charge is 0.137 e. The number of nitrogens with one attached hydrogen (secondary N) is 3. The third-order valence-corrected chi connectivity index (χ3v) is 6.43. The Morgan fingerprint density at radius 3 is 2.81 bits per heavy atom. The number of allylic oxidation sites excluding steroid dienone is 1. The summed E-state index contributed by atoms with van der Waals surface area (Å²) in [5.74, 6) is 0.564. The van der Waals surface area contributed by atoms with Crippen LogP contribution in [0.4, 0.5) is 5.69 Å². The van der Waals surface area contributed by atoms with E-state index in [0.29, 0.717) is 5.92 Å². The summed E-state index contributed by atoms with van der Waals surface area (Å²) in [5, 5.41) is 13.3. The Balaban J connectivity index is 1.35. The molecule has 4 aromatic heterocycles. The Labute approximate surface area is 185 Å². The molecule has 32 heavy (non-hydrogen) atoms. The molecule has 0 saturated heterocycles. The second-order valence-corrected chi connectivity index (χ2v) is 8.55. The number of hydrogen-bond acceptors (Lipinski definition) is 4. The molecule has 6 rings (SSSR count). The van der Waals surface area contributed by atoms with E-state index in [2.05, 4.69) is 67.4 Å². The van der Waals surface area contributed by atoms with E-state index in [1.807, 2.05) is 24.5 Å². The molecule has 0 atom stereocenters. The van der Waals surface area contributed by atoms with Crippen LogP contribution in [-0.2, 0) is 0 Å². The van der Waals surface area contributed by atoms with Gasteiger partial charge in [-0.3, -0.25) is 10.1 Å². The van der Waals surface area contributed by atoms with Crippen molar-refractivity contribution in [3.05, 3.63) is 73.3 Å². The van der Waals surface area contributed by atoms with Gasteiger partial charge in [-0.05, 0) is 60.7 Å². The van der Waals surface area contributed by atoms with Gasteiger partial charge in [-0.2, -0.15) is 5.10 Å². The van der Waals surface area contributed by atoms with E-state index in [1.54, 1.807) is 6.20 Å². The van der Waals surface area contributed by atoms with Gasteiger partial charge in [-0.15, -0.1) is 0 Å². The zero-order valence-electron chi connectivity index (χ0n) is 17.7. The van der Waals surface area contributed by atoms with Crippen LogP contribution in [0.2, 0.25) is 0 Å². The lowest BCUT2D eigenvalue weighted by Crippen LogP contribution is -2.07. The summed E-state index contributed by atoms with van der Waals surface area (Å²) in [6.07, 6.45) is 10.6. The molecule has 4 heterocycles. The highest BCUT2D eigenvalue weighted by Gasteiger charge is 2.18. The molecule has 0 aliphatic heterocycles. The SMILES string of the molecule is C=C(Nc1cncc(-c2ccc3[nH]nc(-c4cc5cccnc5[nH]4)c3c2)c1)C1CCCC1. The predicted octanol–water partition coefficient (Wildman–Crippen LogP) is 6.28. The van der Waals surface area contributed by atoms with Crippen LogP contribution in [-0.4, -0.2) is 25.1 Å². The molecule has 1 aromatic carbocycles. The first kappa shape index (κ1) is 18.8. The molecule has 0 radical (unpaired) electrons. The van der Waals surface area contributed by atoms with Crippen LogP contribution in [0, 0.1) is 5.92 Å². The third kappa shape index (κ3) is 3.34. The standard InChI is InChI=1S/C26H24N6/c1-16(17-5-2-3-6-17)29-21-11-20(14-27-15-21)18-8-9-23-22(12-18)25(32-31-23)24-13-19-7-4-10-28-26(19)30-24/h4,7-15,17,29H,1-3,5-6H2,(H,28,30)(H,31,32). The maximum Gasteiger partial charge on any atom is 0.137 e. The van der Waals surface area contributed by atoms with Crippen LogP contribution in [0.1, 0.15) is 25.7 Å². The highest BCUT2D eigenvalue weighted by Crippen LogP contribution is 2.33. The number of H-pyrrole nitrogens is 2. The number of aromatic nitrogens is 5. The summed E-state index contributed by atoms with van der Waals surface area (Å²) >= 11 is 0. The first-order valence-corrected chi connectivity index (χ1v) is 11.1. The molecule has 1 aliphatic rings. The van der Waals surface area contributed by atoms with Gasteiger partial charge in [0.25, 0.3) is 0 Å². The Hall–Kier alpha value is -3.93. The van der Waals surface area contributed by atoms with Crippen molar-refractivity contribution in [1.82, 2.24) is 25.1 Å². The van der Waals surface area contributed by atoms with Gasteiger partial charge in [0.2, 0.25) is 0 Å². The van der Waals surface area contributed by atoms with Crippen LogP contribution < -0.4 is 5.32 Å². The number of aromatic amines is 2. The highest BCUT2D eigenvalue weighted by molar-refractivity contribution is 5.97. The molecule has 1 aliphatic carbocycles. The maximum atomic E-state index is 4.57. The lowest BCUT2D eigenvalue weighted by molar-refractivity contribution is 0.649. The van der Waals surface area contributed by atoms with Gasteiger partial charge in [0.1, 0.15) is 11.3 Å². The molecule has 6 nitrogen and oxygen atoms in total. The minimum absolute atomic E-state index is 0.564. The van der Waals surface area contributed by atoms with Crippen molar-refractivity contribution < 1.29 is 0 Å². The Morgan fingerprint density at radius 2 is 1.94 bits per heavy atom. The van der Waals surface area contributed by atoms with Gasteiger partial charge in [0.15, 0.2) is 0 Å². The maximum absolute atomic E-state index is 4.57. The van der Waals surface area contributed by atoms with Crippen molar-refractivity contribution in [3.8, 4) is 22.5 Å². The Morgan fingerprint density at radius 1 is 1.03 bits per heavy atom. The molecule has 0 amide bonds. The topological polar surface area (TPSA) is 82.3 Å². The molecular formula is C26H24N6. The van der Waals surface area contributed by atoms with Crippen molar-refractivity contribution in [1.29, 1.82) is 0 Å². The number of hydrogen-bond donors (Lipinski definition) is 3. The molecule has 158 valence electrons. The molecule has 5 aromatic rings. The van der Waals surface area contributed by atoms with Gasteiger partial charge < -0.3 is 10.3 Å². The highest BCUT2D eigenvalue weighted by atomic mass is 15.1. The third-order valence-electron chi connectivity index (χ3n) is 6.43. The second-order valence-electron chi connectivity index (χ2n) is 8.55. The van der Waals surface area contributed by atoms with Crippen LogP contribution in [0.5, 0.6) is 0 Å². The quantitative estimate of drug-likeness (QED) is 0.312. The first-order chi connectivity index (χ1) is 15.7. The fourth-order valence-corrected chi connectivity index (χ4v) is 4.71. The predicted molar refractivity (Wildman–Crippen MR) is 129 cm³/mol. The molecule has 0 bridgehead atoms. The number of pyridine rings is 2. The molecule has 1 saturated carbocycles. The fraction of sp³-hybridized carbons (Fsp3) is 0.192. The molecule has 1 fully saturated rings. The Bertz CT molecular complexity index is 1400. The number of fused-ring (bicyclic) bond motifs is 2. The minimum atomic E-state index is 0.564. The van der Waals surface area contributed by atoms with Gasteiger partial charge in [0, 0.05) is 34.4 Å². The van der Waals surface area contributed by atoms with E-state index >= 15 is 0 Å². The summed E-state index contributed by atoms with van der Waals surface area (Å²) < 4.78 is 0. The van der Waals surface area contributed by atoms with E-state index in [-0.39, 0.29) is 0 Å².